The van der Waals surface area contributed by atoms with Crippen molar-refractivity contribution in [3.05, 3.63) is 23.9 Å². The third kappa shape index (κ3) is 5.89. The number of esters is 1. The van der Waals surface area contributed by atoms with Crippen LogP contribution in [0.5, 0.6) is 0 Å². The topological polar surface area (TPSA) is 71.5 Å². The van der Waals surface area contributed by atoms with Gasteiger partial charge in [-0.1, -0.05) is 0 Å². The summed E-state index contributed by atoms with van der Waals surface area (Å²) in [6.45, 7) is 1.16. The average molecular weight is 373 g/mol. The number of hydrogen-bond acceptors (Lipinski definition) is 5. The maximum absolute atomic E-state index is 12.6. The molecule has 1 aromatic heterocycles. The van der Waals surface area contributed by atoms with E-state index in [4.69, 9.17) is 0 Å². The van der Waals surface area contributed by atoms with Crippen LogP contribution in [0.1, 0.15) is 37.7 Å². The van der Waals surface area contributed by atoms with E-state index in [-0.39, 0.29) is 30.8 Å². The highest BCUT2D eigenvalue weighted by Crippen LogP contribution is 2.29. The Balaban J connectivity index is 1.84. The van der Waals surface area contributed by atoms with Gasteiger partial charge in [-0.05, 0) is 31.4 Å². The fraction of sp³-hybridized carbons (Fsp3) is 0.588. The summed E-state index contributed by atoms with van der Waals surface area (Å²) in [4.78, 5) is 28.8. The lowest BCUT2D eigenvalue weighted by Gasteiger charge is -2.34. The molecule has 9 heteroatoms. The quantitative estimate of drug-likeness (QED) is 0.776. The van der Waals surface area contributed by atoms with Gasteiger partial charge in [0.05, 0.1) is 12.7 Å². The van der Waals surface area contributed by atoms with Crippen LogP contribution in [-0.4, -0.2) is 43.1 Å². The summed E-state index contributed by atoms with van der Waals surface area (Å²) in [7, 11) is 1.30. The van der Waals surface area contributed by atoms with Crippen molar-refractivity contribution in [1.29, 1.82) is 0 Å². The van der Waals surface area contributed by atoms with Gasteiger partial charge in [0.15, 0.2) is 0 Å². The molecule has 1 amide bonds. The molecule has 1 aliphatic heterocycles. The fourth-order valence-electron chi connectivity index (χ4n) is 2.84. The minimum Gasteiger partial charge on any atom is -0.469 e. The van der Waals surface area contributed by atoms with E-state index in [1.165, 1.54) is 13.2 Å². The molecule has 1 aromatic rings. The molecule has 1 atom stereocenters. The molecule has 0 aromatic carbocycles. The van der Waals surface area contributed by atoms with E-state index in [2.05, 4.69) is 15.0 Å². The van der Waals surface area contributed by atoms with Crippen LogP contribution >= 0.6 is 0 Å². The minimum absolute atomic E-state index is 0.0986. The Kier molecular flexibility index (Phi) is 6.82. The SMILES string of the molecule is COC(=O)CCCC(=O)N[C@@H]1CCCN(c2ccc(C(F)(F)F)cn2)C1. The Bertz CT molecular complexity index is 620. The largest absolute Gasteiger partial charge is 0.469 e. The van der Waals surface area contributed by atoms with Crippen molar-refractivity contribution in [1.82, 2.24) is 10.3 Å². The molecule has 1 aliphatic rings. The summed E-state index contributed by atoms with van der Waals surface area (Å²) in [6.07, 6.45) is -1.16. The van der Waals surface area contributed by atoms with Gasteiger partial charge >= 0.3 is 12.1 Å². The Morgan fingerprint density at radius 3 is 2.73 bits per heavy atom. The minimum atomic E-state index is -4.41. The predicted octanol–water partition coefficient (Wildman–Crippen LogP) is 2.53. The molecule has 1 N–H and O–H groups in total. The van der Waals surface area contributed by atoms with E-state index < -0.39 is 11.7 Å². The third-order valence-corrected chi connectivity index (χ3v) is 4.20. The van der Waals surface area contributed by atoms with Crippen LogP contribution in [0.2, 0.25) is 0 Å². The van der Waals surface area contributed by atoms with Gasteiger partial charge in [0.25, 0.3) is 0 Å². The lowest BCUT2D eigenvalue weighted by molar-refractivity contribution is -0.141. The number of methoxy groups -OCH3 is 1. The first-order valence-corrected chi connectivity index (χ1v) is 8.44. The summed E-state index contributed by atoms with van der Waals surface area (Å²) in [5.41, 5.74) is -0.784. The molecule has 2 rings (SSSR count). The second kappa shape index (κ2) is 8.86. The van der Waals surface area contributed by atoms with E-state index in [1.807, 2.05) is 4.90 Å². The fourth-order valence-corrected chi connectivity index (χ4v) is 2.84. The van der Waals surface area contributed by atoms with Crippen LogP contribution in [0.4, 0.5) is 19.0 Å². The monoisotopic (exact) mass is 373 g/mol. The standard InChI is InChI=1S/C17H22F3N3O3/c1-26-16(25)6-2-5-15(24)22-13-4-3-9-23(11-13)14-8-7-12(10-21-14)17(18,19)20/h7-8,10,13H,2-6,9,11H2,1H3,(H,22,24)/t13-/m1/s1. The van der Waals surface area contributed by atoms with Crippen molar-refractivity contribution in [2.75, 3.05) is 25.1 Å². The zero-order chi connectivity index (χ0) is 19.2. The lowest BCUT2D eigenvalue weighted by Crippen LogP contribution is -2.48. The lowest BCUT2D eigenvalue weighted by atomic mass is 10.1. The van der Waals surface area contributed by atoms with Crippen LogP contribution in [0, 0.1) is 0 Å². The summed E-state index contributed by atoms with van der Waals surface area (Å²) < 4.78 is 42.4. The molecule has 1 fully saturated rings. The van der Waals surface area contributed by atoms with Crippen LogP contribution < -0.4 is 10.2 Å². The van der Waals surface area contributed by atoms with Crippen molar-refractivity contribution < 1.29 is 27.5 Å². The van der Waals surface area contributed by atoms with Crippen molar-refractivity contribution in [3.63, 3.8) is 0 Å². The van der Waals surface area contributed by atoms with Crippen molar-refractivity contribution in [3.8, 4) is 0 Å². The van der Waals surface area contributed by atoms with Gasteiger partial charge < -0.3 is 15.0 Å². The van der Waals surface area contributed by atoms with Crippen LogP contribution in [0.25, 0.3) is 0 Å². The van der Waals surface area contributed by atoms with Gasteiger partial charge in [0.1, 0.15) is 5.82 Å². The molecule has 144 valence electrons. The molecule has 1 saturated heterocycles. The zero-order valence-electron chi connectivity index (χ0n) is 14.5. The highest BCUT2D eigenvalue weighted by Gasteiger charge is 2.31. The number of nitrogens with one attached hydrogen (secondary N) is 1. The van der Waals surface area contributed by atoms with Crippen molar-refractivity contribution in [2.45, 2.75) is 44.3 Å². The Hall–Kier alpha value is -2.32. The number of anilines is 1. The second-order valence-corrected chi connectivity index (χ2v) is 6.19. The molecule has 26 heavy (non-hydrogen) atoms. The predicted molar refractivity (Wildman–Crippen MR) is 88.5 cm³/mol. The number of alkyl halides is 3. The maximum Gasteiger partial charge on any atom is 0.417 e. The first-order chi connectivity index (χ1) is 12.3. The van der Waals surface area contributed by atoms with E-state index in [9.17, 15) is 22.8 Å². The number of carbonyl (C=O) groups is 2. The maximum atomic E-state index is 12.6. The zero-order valence-corrected chi connectivity index (χ0v) is 14.5. The number of nitrogens with zero attached hydrogens (tertiary/aromatic N) is 2. The van der Waals surface area contributed by atoms with Gasteiger partial charge in [-0.2, -0.15) is 13.2 Å². The Labute approximate surface area is 149 Å². The smallest absolute Gasteiger partial charge is 0.417 e. The van der Waals surface area contributed by atoms with E-state index in [0.717, 1.165) is 25.1 Å². The molecule has 0 unspecified atom stereocenters. The van der Waals surface area contributed by atoms with Gasteiger partial charge in [-0.25, -0.2) is 4.98 Å². The van der Waals surface area contributed by atoms with Gasteiger partial charge in [-0.15, -0.1) is 0 Å². The first-order valence-electron chi connectivity index (χ1n) is 8.44. The third-order valence-electron chi connectivity index (χ3n) is 4.20. The van der Waals surface area contributed by atoms with Crippen LogP contribution in [-0.2, 0) is 20.5 Å². The number of piperidine rings is 1. The molecule has 0 aliphatic carbocycles. The Morgan fingerprint density at radius 1 is 1.35 bits per heavy atom. The molecule has 0 spiro atoms. The molecule has 2 heterocycles. The molecule has 0 saturated carbocycles. The average Bonchev–Trinajstić information content (AvgIpc) is 2.61. The van der Waals surface area contributed by atoms with E-state index in [1.54, 1.807) is 0 Å². The Morgan fingerprint density at radius 2 is 2.12 bits per heavy atom. The van der Waals surface area contributed by atoms with E-state index in [0.29, 0.717) is 25.3 Å². The van der Waals surface area contributed by atoms with Crippen molar-refractivity contribution in [2.24, 2.45) is 0 Å². The van der Waals surface area contributed by atoms with Crippen molar-refractivity contribution >= 4 is 17.7 Å². The number of hydrogen-bond donors (Lipinski definition) is 1. The summed E-state index contributed by atoms with van der Waals surface area (Å²) in [5, 5.41) is 2.91. The summed E-state index contributed by atoms with van der Waals surface area (Å²) in [6, 6.07) is 2.26. The number of carbonyl (C=O) groups excluding carboxylic acids is 2. The highest BCUT2D eigenvalue weighted by atomic mass is 19.4. The van der Waals surface area contributed by atoms with Crippen LogP contribution in [0.15, 0.2) is 18.3 Å². The molecule has 0 bridgehead atoms. The summed E-state index contributed by atoms with van der Waals surface area (Å²) in [5.74, 6) is -0.0428. The first kappa shape index (κ1) is 20.0. The molecule has 0 radical (unpaired) electrons. The number of rotatable bonds is 6. The van der Waals surface area contributed by atoms with Gasteiger partial charge in [0, 0.05) is 38.2 Å². The second-order valence-electron chi connectivity index (χ2n) is 6.19. The number of halogens is 3. The number of amides is 1. The summed E-state index contributed by atoms with van der Waals surface area (Å²) >= 11 is 0. The number of aromatic nitrogens is 1. The van der Waals surface area contributed by atoms with E-state index >= 15 is 0 Å². The molecular weight excluding hydrogens is 351 g/mol. The molecule has 6 nitrogen and oxygen atoms in total. The van der Waals surface area contributed by atoms with Gasteiger partial charge in [0.2, 0.25) is 5.91 Å². The highest BCUT2D eigenvalue weighted by molar-refractivity contribution is 5.77. The molecular formula is C17H22F3N3O3. The normalized spacial score (nSPS) is 17.7. The van der Waals surface area contributed by atoms with Gasteiger partial charge in [-0.3, -0.25) is 9.59 Å². The number of pyridine rings is 1. The van der Waals surface area contributed by atoms with Crippen LogP contribution in [0.3, 0.4) is 0 Å². The number of ether oxygens (including phenoxy) is 1.